The number of nitrogens with zero attached hydrogens (tertiary/aromatic N) is 4. The number of aromatic nitrogens is 1. The Labute approximate surface area is 165 Å². The molecule has 2 amide bonds. The molecule has 1 heterocycles. The number of hydrogen-bond acceptors (Lipinski definition) is 3. The van der Waals surface area contributed by atoms with Gasteiger partial charge in [0, 0.05) is 45.5 Å². The predicted molar refractivity (Wildman–Crippen MR) is 112 cm³/mol. The summed E-state index contributed by atoms with van der Waals surface area (Å²) in [6, 6.07) is 4.87. The first-order valence-electron chi connectivity index (χ1n) is 8.47. The number of urea groups is 1. The van der Waals surface area contributed by atoms with Crippen LogP contribution in [0.3, 0.4) is 0 Å². The Balaban J connectivity index is 0. The van der Waals surface area contributed by atoms with E-state index in [2.05, 4.69) is 44.5 Å². The SMILES string of the molecule is CCc1ccnc(N(CCN(C(C)C)C(C)C)C(=O)N(C)C)c1.Cl.Cl. The van der Waals surface area contributed by atoms with Crippen LogP contribution in [0.25, 0.3) is 0 Å². The minimum absolute atomic E-state index is 0. The van der Waals surface area contributed by atoms with Crippen molar-refractivity contribution in [1.29, 1.82) is 0 Å². The van der Waals surface area contributed by atoms with Crippen molar-refractivity contribution < 1.29 is 4.79 Å². The molecule has 1 rings (SSSR count). The zero-order valence-corrected chi connectivity index (χ0v) is 18.2. The van der Waals surface area contributed by atoms with Gasteiger partial charge in [-0.3, -0.25) is 9.80 Å². The molecule has 0 aliphatic carbocycles. The van der Waals surface area contributed by atoms with Crippen molar-refractivity contribution in [3.63, 3.8) is 0 Å². The molecular formula is C18H34Cl2N4O. The number of amides is 2. The first kappa shape index (κ1) is 26.2. The fraction of sp³-hybridized carbons (Fsp3) is 0.667. The molecular weight excluding hydrogens is 359 g/mol. The average molecular weight is 393 g/mol. The van der Waals surface area contributed by atoms with Crippen LogP contribution >= 0.6 is 24.8 Å². The van der Waals surface area contributed by atoms with Gasteiger partial charge in [0.25, 0.3) is 0 Å². The molecule has 0 atom stereocenters. The number of aryl methyl sites for hydroxylation is 1. The summed E-state index contributed by atoms with van der Waals surface area (Å²) in [6.45, 7) is 12.3. The van der Waals surface area contributed by atoms with Gasteiger partial charge in [-0.25, -0.2) is 9.78 Å². The number of pyridine rings is 1. The summed E-state index contributed by atoms with van der Waals surface area (Å²) >= 11 is 0. The number of anilines is 1. The normalized spacial score (nSPS) is 10.5. The van der Waals surface area contributed by atoms with Crippen LogP contribution in [-0.4, -0.2) is 60.1 Å². The molecule has 0 aliphatic rings. The number of carbonyl (C=O) groups is 1. The minimum atomic E-state index is -0.0294. The van der Waals surface area contributed by atoms with Gasteiger partial charge in [-0.1, -0.05) is 6.92 Å². The van der Waals surface area contributed by atoms with Gasteiger partial charge in [0.1, 0.15) is 5.82 Å². The van der Waals surface area contributed by atoms with E-state index in [0.717, 1.165) is 18.8 Å². The number of carbonyl (C=O) groups excluding carboxylic acids is 1. The summed E-state index contributed by atoms with van der Waals surface area (Å²) in [4.78, 5) is 22.8. The number of rotatable bonds is 7. The summed E-state index contributed by atoms with van der Waals surface area (Å²) in [6.07, 6.45) is 2.72. The molecule has 0 bridgehead atoms. The first-order valence-corrected chi connectivity index (χ1v) is 8.47. The van der Waals surface area contributed by atoms with Gasteiger partial charge in [-0.15, -0.1) is 24.8 Å². The highest BCUT2D eigenvalue weighted by Crippen LogP contribution is 2.16. The third kappa shape index (κ3) is 7.80. The standard InChI is InChI=1S/C18H32N4O.2ClH/c1-8-16-9-10-19-17(13-16)22(18(23)20(6)7)12-11-21(14(2)3)15(4)5;;/h9-10,13-15H,8,11-12H2,1-7H3;2*1H. The van der Waals surface area contributed by atoms with E-state index in [1.807, 2.05) is 12.1 Å². The van der Waals surface area contributed by atoms with Gasteiger partial charge in [0.2, 0.25) is 0 Å². The molecule has 25 heavy (non-hydrogen) atoms. The Morgan fingerprint density at radius 2 is 1.64 bits per heavy atom. The van der Waals surface area contributed by atoms with Crippen LogP contribution in [0, 0.1) is 0 Å². The maximum atomic E-state index is 12.6. The molecule has 0 unspecified atom stereocenters. The smallest absolute Gasteiger partial charge is 0.325 e. The summed E-state index contributed by atoms with van der Waals surface area (Å²) in [5, 5.41) is 0. The van der Waals surface area contributed by atoms with Crippen molar-refractivity contribution in [2.45, 2.75) is 53.1 Å². The lowest BCUT2D eigenvalue weighted by molar-refractivity contribution is 0.177. The number of hydrogen-bond donors (Lipinski definition) is 0. The minimum Gasteiger partial charge on any atom is -0.330 e. The monoisotopic (exact) mass is 392 g/mol. The Morgan fingerprint density at radius 1 is 1.08 bits per heavy atom. The Kier molecular flexibility index (Phi) is 12.9. The highest BCUT2D eigenvalue weighted by Gasteiger charge is 2.21. The summed E-state index contributed by atoms with van der Waals surface area (Å²) in [7, 11) is 3.56. The molecule has 7 heteroatoms. The lowest BCUT2D eigenvalue weighted by atomic mass is 10.2. The second-order valence-corrected chi connectivity index (χ2v) is 6.63. The van der Waals surface area contributed by atoms with Crippen LogP contribution in [0.5, 0.6) is 0 Å². The Bertz CT molecular complexity index is 502. The summed E-state index contributed by atoms with van der Waals surface area (Å²) in [5.41, 5.74) is 1.19. The van der Waals surface area contributed by atoms with Crippen molar-refractivity contribution in [1.82, 2.24) is 14.8 Å². The van der Waals surface area contributed by atoms with E-state index in [1.165, 1.54) is 5.56 Å². The van der Waals surface area contributed by atoms with Crippen molar-refractivity contribution >= 4 is 36.7 Å². The molecule has 0 aromatic carbocycles. The molecule has 0 fully saturated rings. The summed E-state index contributed by atoms with van der Waals surface area (Å²) < 4.78 is 0. The lowest BCUT2D eigenvalue weighted by Crippen LogP contribution is -2.47. The molecule has 5 nitrogen and oxygen atoms in total. The van der Waals surface area contributed by atoms with Crippen LogP contribution < -0.4 is 4.90 Å². The maximum Gasteiger partial charge on any atom is 0.325 e. The van der Waals surface area contributed by atoms with Gasteiger partial charge < -0.3 is 4.90 Å². The second kappa shape index (κ2) is 12.3. The van der Waals surface area contributed by atoms with E-state index >= 15 is 0 Å². The van der Waals surface area contributed by atoms with Crippen LogP contribution in [0.1, 0.15) is 40.2 Å². The van der Waals surface area contributed by atoms with E-state index in [-0.39, 0.29) is 30.8 Å². The van der Waals surface area contributed by atoms with Crippen molar-refractivity contribution in [2.24, 2.45) is 0 Å². The predicted octanol–water partition coefficient (Wildman–Crippen LogP) is 4.09. The van der Waals surface area contributed by atoms with Gasteiger partial charge in [0.05, 0.1) is 0 Å². The fourth-order valence-corrected chi connectivity index (χ4v) is 2.71. The molecule has 0 saturated heterocycles. The highest BCUT2D eigenvalue weighted by molar-refractivity contribution is 5.90. The number of halogens is 2. The van der Waals surface area contributed by atoms with Crippen LogP contribution in [0.4, 0.5) is 10.6 Å². The quantitative estimate of drug-likeness (QED) is 0.700. The van der Waals surface area contributed by atoms with Crippen molar-refractivity contribution in [2.75, 3.05) is 32.1 Å². The maximum absolute atomic E-state index is 12.6. The zero-order valence-electron chi connectivity index (χ0n) is 16.5. The van der Waals surface area contributed by atoms with E-state index in [9.17, 15) is 4.79 Å². The van der Waals surface area contributed by atoms with Gasteiger partial charge in [-0.05, 0) is 51.8 Å². The van der Waals surface area contributed by atoms with Crippen LogP contribution in [0.2, 0.25) is 0 Å². The summed E-state index contributed by atoms with van der Waals surface area (Å²) in [5.74, 6) is 0.732. The van der Waals surface area contributed by atoms with Crippen molar-refractivity contribution in [3.05, 3.63) is 23.9 Å². The Hall–Kier alpha value is -1.04. The van der Waals surface area contributed by atoms with E-state index < -0.39 is 0 Å². The molecule has 0 radical (unpaired) electrons. The molecule has 146 valence electrons. The average Bonchev–Trinajstić information content (AvgIpc) is 2.50. The van der Waals surface area contributed by atoms with Crippen molar-refractivity contribution in [3.8, 4) is 0 Å². The largest absolute Gasteiger partial charge is 0.330 e. The zero-order chi connectivity index (χ0) is 17.6. The van der Waals surface area contributed by atoms with E-state index in [1.54, 1.807) is 30.1 Å². The molecule has 0 spiro atoms. The Morgan fingerprint density at radius 3 is 2.08 bits per heavy atom. The molecule has 0 aliphatic heterocycles. The second-order valence-electron chi connectivity index (χ2n) is 6.63. The topological polar surface area (TPSA) is 39.7 Å². The first-order chi connectivity index (χ1) is 10.8. The fourth-order valence-electron chi connectivity index (χ4n) is 2.71. The van der Waals surface area contributed by atoms with Crippen LogP contribution in [0.15, 0.2) is 18.3 Å². The molecule has 0 saturated carbocycles. The van der Waals surface area contributed by atoms with E-state index in [0.29, 0.717) is 18.6 Å². The van der Waals surface area contributed by atoms with Gasteiger partial charge in [-0.2, -0.15) is 0 Å². The molecule has 1 aromatic heterocycles. The lowest BCUT2D eigenvalue weighted by Gasteiger charge is -2.33. The molecule has 1 aromatic rings. The van der Waals surface area contributed by atoms with Crippen LogP contribution in [-0.2, 0) is 6.42 Å². The third-order valence-corrected chi connectivity index (χ3v) is 4.02. The molecule has 0 N–H and O–H groups in total. The van der Waals surface area contributed by atoms with Gasteiger partial charge >= 0.3 is 6.03 Å². The third-order valence-electron chi connectivity index (χ3n) is 4.02. The van der Waals surface area contributed by atoms with Gasteiger partial charge in [0.15, 0.2) is 0 Å². The highest BCUT2D eigenvalue weighted by atomic mass is 35.5. The van der Waals surface area contributed by atoms with E-state index in [4.69, 9.17) is 0 Å².